The van der Waals surface area contributed by atoms with Crippen LogP contribution in [0.1, 0.15) is 18.9 Å². The number of benzene rings is 2. The molecule has 2 aromatic carbocycles. The summed E-state index contributed by atoms with van der Waals surface area (Å²) in [6.07, 6.45) is 1.10. The van der Waals surface area contributed by atoms with Crippen LogP contribution in [-0.2, 0) is 14.8 Å². The second-order valence-electron chi connectivity index (χ2n) is 6.16. The Hall–Kier alpha value is -2.65. The molecule has 0 fully saturated rings. The van der Waals surface area contributed by atoms with Crippen LogP contribution in [0, 0.1) is 17.0 Å². The van der Waals surface area contributed by atoms with Crippen LogP contribution in [0.25, 0.3) is 0 Å². The number of carbonyl (C=O) groups excluding carboxylic acids is 1. The summed E-state index contributed by atoms with van der Waals surface area (Å²) in [7, 11) is -3.90. The van der Waals surface area contributed by atoms with Gasteiger partial charge in [0.15, 0.2) is 0 Å². The van der Waals surface area contributed by atoms with Gasteiger partial charge in [0.05, 0.1) is 16.9 Å². The van der Waals surface area contributed by atoms with Crippen LogP contribution in [-0.4, -0.2) is 31.5 Å². The highest BCUT2D eigenvalue weighted by Crippen LogP contribution is 2.28. The van der Waals surface area contributed by atoms with Gasteiger partial charge in [-0.2, -0.15) is 0 Å². The second kappa shape index (κ2) is 8.57. The number of non-ortho nitro benzene ring substituents is 1. The topological polar surface area (TPSA) is 110 Å². The van der Waals surface area contributed by atoms with Gasteiger partial charge in [-0.1, -0.05) is 30.7 Å². The first-order valence-corrected chi connectivity index (χ1v) is 10.6. The zero-order valence-electron chi connectivity index (χ0n) is 15.5. The van der Waals surface area contributed by atoms with E-state index in [1.807, 2.05) is 0 Å². The number of halogens is 1. The van der Waals surface area contributed by atoms with E-state index < -0.39 is 26.9 Å². The van der Waals surface area contributed by atoms with Crippen molar-refractivity contribution in [2.24, 2.45) is 0 Å². The molecule has 0 heterocycles. The summed E-state index contributed by atoms with van der Waals surface area (Å²) in [4.78, 5) is 23.3. The number of anilines is 2. The third-order valence-corrected chi connectivity index (χ3v) is 5.74. The van der Waals surface area contributed by atoms with Crippen LogP contribution in [0.2, 0.25) is 5.02 Å². The molecule has 0 unspecified atom stereocenters. The molecule has 150 valence electrons. The molecular weight excluding hydrogens is 406 g/mol. The highest BCUT2D eigenvalue weighted by molar-refractivity contribution is 7.92. The lowest BCUT2D eigenvalue weighted by molar-refractivity contribution is -0.384. The van der Waals surface area contributed by atoms with Gasteiger partial charge >= 0.3 is 0 Å². The van der Waals surface area contributed by atoms with E-state index >= 15 is 0 Å². The number of amides is 1. The molecule has 0 aliphatic carbocycles. The van der Waals surface area contributed by atoms with Crippen molar-refractivity contribution in [3.05, 3.63) is 63.2 Å². The van der Waals surface area contributed by atoms with Crippen LogP contribution in [0.15, 0.2) is 42.5 Å². The predicted octanol–water partition coefficient (Wildman–Crippen LogP) is 3.74. The Morgan fingerprint density at radius 2 is 1.93 bits per heavy atom. The lowest BCUT2D eigenvalue weighted by atomic mass is 10.1. The molecule has 1 amide bonds. The molecule has 10 heteroatoms. The quantitative estimate of drug-likeness (QED) is 0.536. The number of nitrogens with one attached hydrogen (secondary N) is 1. The third-order valence-electron chi connectivity index (χ3n) is 4.15. The lowest BCUT2D eigenvalue weighted by Crippen LogP contribution is -2.47. The first-order chi connectivity index (χ1) is 13.1. The van der Waals surface area contributed by atoms with Crippen LogP contribution in [0.3, 0.4) is 0 Å². The summed E-state index contributed by atoms with van der Waals surface area (Å²) >= 11 is 6.07. The fourth-order valence-corrected chi connectivity index (χ4v) is 4.14. The number of carbonyl (C=O) groups is 1. The van der Waals surface area contributed by atoms with Crippen LogP contribution >= 0.6 is 11.6 Å². The summed E-state index contributed by atoms with van der Waals surface area (Å²) in [6.45, 7) is 3.39. The van der Waals surface area contributed by atoms with E-state index in [0.29, 0.717) is 16.3 Å². The number of hydrogen-bond acceptors (Lipinski definition) is 5. The molecule has 0 aliphatic heterocycles. The molecule has 0 bridgehead atoms. The highest BCUT2D eigenvalue weighted by Gasteiger charge is 2.32. The molecule has 0 aliphatic rings. The molecule has 8 nitrogen and oxygen atoms in total. The SMILES string of the molecule is CC[C@@H](C(=O)Nc1cccc(Cl)c1C)N(c1cccc([N+](=O)[O-])c1)S(C)(=O)=O. The number of nitrogens with zero attached hydrogens (tertiary/aromatic N) is 2. The molecule has 28 heavy (non-hydrogen) atoms. The van der Waals surface area contributed by atoms with Crippen molar-refractivity contribution >= 4 is 44.6 Å². The van der Waals surface area contributed by atoms with E-state index in [4.69, 9.17) is 11.6 Å². The average molecular weight is 426 g/mol. The third kappa shape index (κ3) is 4.79. The molecule has 0 spiro atoms. The van der Waals surface area contributed by atoms with Gasteiger partial charge in [0.25, 0.3) is 5.69 Å². The molecule has 0 aromatic heterocycles. The zero-order chi connectivity index (χ0) is 21.1. The Morgan fingerprint density at radius 1 is 1.29 bits per heavy atom. The number of sulfonamides is 1. The van der Waals surface area contributed by atoms with Gasteiger partial charge in [-0.05, 0) is 37.1 Å². The van der Waals surface area contributed by atoms with Crippen LogP contribution < -0.4 is 9.62 Å². The van der Waals surface area contributed by atoms with Crippen molar-refractivity contribution in [3.63, 3.8) is 0 Å². The first-order valence-electron chi connectivity index (χ1n) is 8.36. The van der Waals surface area contributed by atoms with E-state index in [-0.39, 0.29) is 17.8 Å². The summed E-state index contributed by atoms with van der Waals surface area (Å²) < 4.78 is 25.8. The monoisotopic (exact) mass is 425 g/mol. The Bertz CT molecular complexity index is 1010. The number of nitro benzene ring substituents is 1. The predicted molar refractivity (Wildman–Crippen MR) is 109 cm³/mol. The van der Waals surface area contributed by atoms with Crippen molar-refractivity contribution < 1.29 is 18.1 Å². The van der Waals surface area contributed by atoms with Crippen molar-refractivity contribution in [2.45, 2.75) is 26.3 Å². The molecule has 0 radical (unpaired) electrons. The van der Waals surface area contributed by atoms with E-state index in [0.717, 1.165) is 16.6 Å². The Labute approximate surface area is 168 Å². The van der Waals surface area contributed by atoms with Gasteiger partial charge in [-0.15, -0.1) is 0 Å². The minimum absolute atomic E-state index is 0.0431. The molecule has 2 rings (SSSR count). The van der Waals surface area contributed by atoms with Gasteiger partial charge in [0, 0.05) is 22.8 Å². The van der Waals surface area contributed by atoms with Gasteiger partial charge in [0.1, 0.15) is 6.04 Å². The zero-order valence-corrected chi connectivity index (χ0v) is 17.1. The fraction of sp³-hybridized carbons (Fsp3) is 0.278. The molecule has 1 N–H and O–H groups in total. The van der Waals surface area contributed by atoms with E-state index in [1.54, 1.807) is 32.0 Å². The van der Waals surface area contributed by atoms with Crippen LogP contribution in [0.4, 0.5) is 17.1 Å². The highest BCUT2D eigenvalue weighted by atomic mass is 35.5. The Balaban J connectivity index is 2.46. The summed E-state index contributed by atoms with van der Waals surface area (Å²) in [5.41, 5.74) is 0.880. The van der Waals surface area contributed by atoms with Crippen LogP contribution in [0.5, 0.6) is 0 Å². The molecule has 2 aromatic rings. The molecule has 0 saturated carbocycles. The second-order valence-corrected chi connectivity index (χ2v) is 8.43. The minimum atomic E-state index is -3.90. The van der Waals surface area contributed by atoms with Gasteiger partial charge in [0.2, 0.25) is 15.9 Å². The summed E-state index contributed by atoms with van der Waals surface area (Å²) in [5, 5.41) is 14.2. The molecule has 1 atom stereocenters. The smallest absolute Gasteiger partial charge is 0.271 e. The van der Waals surface area contributed by atoms with E-state index in [1.165, 1.54) is 18.2 Å². The lowest BCUT2D eigenvalue weighted by Gasteiger charge is -2.30. The number of rotatable bonds is 7. The number of nitro groups is 1. The maximum atomic E-state index is 12.9. The van der Waals surface area contributed by atoms with E-state index in [2.05, 4.69) is 5.32 Å². The molecular formula is C18H20ClN3O5S. The fourth-order valence-electron chi connectivity index (χ4n) is 2.76. The maximum absolute atomic E-state index is 12.9. The Morgan fingerprint density at radius 3 is 2.50 bits per heavy atom. The normalized spacial score (nSPS) is 12.3. The number of hydrogen-bond donors (Lipinski definition) is 1. The average Bonchev–Trinajstić information content (AvgIpc) is 2.62. The Kier molecular flexibility index (Phi) is 6.63. The van der Waals surface area contributed by atoms with E-state index in [9.17, 15) is 23.3 Å². The van der Waals surface area contributed by atoms with Gasteiger partial charge < -0.3 is 5.32 Å². The summed E-state index contributed by atoms with van der Waals surface area (Å²) in [5.74, 6) is -0.565. The first kappa shape index (κ1) is 21.6. The maximum Gasteiger partial charge on any atom is 0.271 e. The standard InChI is InChI=1S/C18H20ClN3O5S/c1-4-17(18(23)20-16-10-6-9-15(19)12(16)2)21(28(3,26)27)13-7-5-8-14(11-13)22(24)25/h5-11,17H,4H2,1-3H3,(H,20,23)/t17-/m0/s1. The van der Waals surface area contributed by atoms with Crippen molar-refractivity contribution in [1.29, 1.82) is 0 Å². The van der Waals surface area contributed by atoms with Crippen molar-refractivity contribution in [1.82, 2.24) is 0 Å². The van der Waals surface area contributed by atoms with Crippen molar-refractivity contribution in [3.8, 4) is 0 Å². The summed E-state index contributed by atoms with van der Waals surface area (Å²) in [6, 6.07) is 9.06. The minimum Gasteiger partial charge on any atom is -0.324 e. The van der Waals surface area contributed by atoms with Crippen molar-refractivity contribution in [2.75, 3.05) is 15.9 Å². The largest absolute Gasteiger partial charge is 0.324 e. The molecule has 0 saturated heterocycles. The van der Waals surface area contributed by atoms with Gasteiger partial charge in [-0.3, -0.25) is 19.2 Å². The van der Waals surface area contributed by atoms with Gasteiger partial charge in [-0.25, -0.2) is 8.42 Å².